The van der Waals surface area contributed by atoms with Crippen molar-refractivity contribution in [2.75, 3.05) is 20.8 Å². The summed E-state index contributed by atoms with van der Waals surface area (Å²) in [5.74, 6) is 0. The molecule has 5 heteroatoms. The highest BCUT2D eigenvalue weighted by atomic mass is 16.7. The van der Waals surface area contributed by atoms with Gasteiger partial charge in [-0.3, -0.25) is 0 Å². The summed E-state index contributed by atoms with van der Waals surface area (Å²) in [7, 11) is 3.18. The van der Waals surface area contributed by atoms with Crippen LogP contribution in [0, 0.1) is 0 Å². The minimum atomic E-state index is -0.484. The summed E-state index contributed by atoms with van der Waals surface area (Å²) < 4.78 is 22.2. The SMILES string of the molecule is CO[C@@H]1O[C@H](CO)[C@@H](OC)C[C@H]1OCc1ccccc1. The number of ether oxygens (including phenoxy) is 4. The average molecular weight is 282 g/mol. The maximum atomic E-state index is 9.30. The number of methoxy groups -OCH3 is 2. The minimum Gasteiger partial charge on any atom is -0.394 e. The molecule has 112 valence electrons. The summed E-state index contributed by atoms with van der Waals surface area (Å²) in [4.78, 5) is 0. The monoisotopic (exact) mass is 282 g/mol. The molecule has 4 atom stereocenters. The Kier molecular flexibility index (Phi) is 5.94. The maximum Gasteiger partial charge on any atom is 0.184 e. The molecule has 2 rings (SSSR count). The van der Waals surface area contributed by atoms with E-state index in [0.29, 0.717) is 13.0 Å². The lowest BCUT2D eigenvalue weighted by atomic mass is 10.0. The Morgan fingerprint density at radius 1 is 1.15 bits per heavy atom. The normalized spacial score (nSPS) is 30.4. The Morgan fingerprint density at radius 2 is 1.90 bits per heavy atom. The van der Waals surface area contributed by atoms with Gasteiger partial charge in [0.1, 0.15) is 12.2 Å². The molecule has 0 bridgehead atoms. The predicted molar refractivity (Wildman–Crippen MR) is 73.2 cm³/mol. The lowest BCUT2D eigenvalue weighted by Crippen LogP contribution is -2.51. The number of hydrogen-bond donors (Lipinski definition) is 1. The predicted octanol–water partition coefficient (Wildman–Crippen LogP) is 1.34. The Labute approximate surface area is 119 Å². The molecule has 0 amide bonds. The highest BCUT2D eigenvalue weighted by Gasteiger charge is 2.38. The second-order valence-electron chi connectivity index (χ2n) is 4.81. The quantitative estimate of drug-likeness (QED) is 0.853. The fourth-order valence-corrected chi connectivity index (χ4v) is 2.38. The summed E-state index contributed by atoms with van der Waals surface area (Å²) >= 11 is 0. The van der Waals surface area contributed by atoms with Crippen molar-refractivity contribution in [3.63, 3.8) is 0 Å². The molecule has 20 heavy (non-hydrogen) atoms. The molecule has 0 aliphatic carbocycles. The molecular formula is C15H22O5. The topological polar surface area (TPSA) is 57.2 Å². The standard InChI is InChI=1S/C15H22O5/c1-17-12-8-13(15(18-2)20-14(12)9-16)19-10-11-6-4-3-5-7-11/h3-7,12-16H,8-10H2,1-2H3/t12-,13+,14+,15+/m0/s1. The van der Waals surface area contributed by atoms with Crippen molar-refractivity contribution in [2.45, 2.75) is 37.6 Å². The number of benzene rings is 1. The summed E-state index contributed by atoms with van der Waals surface area (Å²) in [6, 6.07) is 9.94. The first-order valence-corrected chi connectivity index (χ1v) is 6.76. The van der Waals surface area contributed by atoms with Crippen molar-refractivity contribution in [3.8, 4) is 0 Å². The number of hydrogen-bond acceptors (Lipinski definition) is 5. The molecule has 1 saturated heterocycles. The van der Waals surface area contributed by atoms with E-state index < -0.39 is 6.29 Å². The van der Waals surface area contributed by atoms with Crippen molar-refractivity contribution in [1.29, 1.82) is 0 Å². The summed E-state index contributed by atoms with van der Waals surface area (Å²) in [6.07, 6.45) is -0.628. The minimum absolute atomic E-state index is 0.0935. The van der Waals surface area contributed by atoms with Gasteiger partial charge in [-0.1, -0.05) is 30.3 Å². The van der Waals surface area contributed by atoms with Crippen LogP contribution in [-0.4, -0.2) is 50.5 Å². The lowest BCUT2D eigenvalue weighted by molar-refractivity contribution is -0.276. The van der Waals surface area contributed by atoms with Gasteiger partial charge in [0, 0.05) is 20.6 Å². The van der Waals surface area contributed by atoms with Gasteiger partial charge < -0.3 is 24.1 Å². The largest absolute Gasteiger partial charge is 0.394 e. The molecule has 0 unspecified atom stereocenters. The van der Waals surface area contributed by atoms with Crippen LogP contribution in [0.4, 0.5) is 0 Å². The van der Waals surface area contributed by atoms with Crippen LogP contribution in [0.25, 0.3) is 0 Å². The van der Waals surface area contributed by atoms with E-state index in [-0.39, 0.29) is 24.9 Å². The van der Waals surface area contributed by atoms with Gasteiger partial charge in [-0.2, -0.15) is 0 Å². The van der Waals surface area contributed by atoms with Crippen LogP contribution in [0.2, 0.25) is 0 Å². The molecule has 1 fully saturated rings. The molecule has 1 N–H and O–H groups in total. The first-order chi connectivity index (χ1) is 9.78. The van der Waals surface area contributed by atoms with Crippen LogP contribution >= 0.6 is 0 Å². The first-order valence-electron chi connectivity index (χ1n) is 6.76. The van der Waals surface area contributed by atoms with Crippen molar-refractivity contribution in [3.05, 3.63) is 35.9 Å². The van der Waals surface area contributed by atoms with Crippen molar-refractivity contribution < 1.29 is 24.1 Å². The van der Waals surface area contributed by atoms with E-state index in [0.717, 1.165) is 5.56 Å². The molecule has 1 aliphatic heterocycles. The molecular weight excluding hydrogens is 260 g/mol. The van der Waals surface area contributed by atoms with Crippen LogP contribution in [0.3, 0.4) is 0 Å². The van der Waals surface area contributed by atoms with E-state index in [1.807, 2.05) is 30.3 Å². The van der Waals surface area contributed by atoms with Gasteiger partial charge in [-0.15, -0.1) is 0 Å². The smallest absolute Gasteiger partial charge is 0.184 e. The summed E-state index contributed by atoms with van der Waals surface area (Å²) in [5, 5.41) is 9.30. The van der Waals surface area contributed by atoms with Crippen LogP contribution in [-0.2, 0) is 25.6 Å². The lowest BCUT2D eigenvalue weighted by Gasteiger charge is -2.39. The van der Waals surface area contributed by atoms with Crippen LogP contribution in [0.1, 0.15) is 12.0 Å². The first kappa shape index (κ1) is 15.4. The second kappa shape index (κ2) is 7.71. The Bertz CT molecular complexity index is 383. The van der Waals surface area contributed by atoms with Gasteiger partial charge in [0.2, 0.25) is 0 Å². The van der Waals surface area contributed by atoms with Gasteiger partial charge in [-0.05, 0) is 5.56 Å². The Morgan fingerprint density at radius 3 is 2.50 bits per heavy atom. The van der Waals surface area contributed by atoms with Crippen LogP contribution < -0.4 is 0 Å². The maximum absolute atomic E-state index is 9.30. The van der Waals surface area contributed by atoms with Gasteiger partial charge in [0.15, 0.2) is 6.29 Å². The van der Waals surface area contributed by atoms with E-state index in [2.05, 4.69) is 0 Å². The van der Waals surface area contributed by atoms with E-state index in [1.165, 1.54) is 0 Å². The molecule has 0 radical (unpaired) electrons. The zero-order valence-corrected chi connectivity index (χ0v) is 11.9. The molecule has 1 aromatic rings. The molecule has 1 aromatic carbocycles. The molecule has 0 saturated carbocycles. The van der Waals surface area contributed by atoms with E-state index >= 15 is 0 Å². The highest BCUT2D eigenvalue weighted by Crippen LogP contribution is 2.25. The third-order valence-corrected chi connectivity index (χ3v) is 3.51. The molecule has 1 aliphatic rings. The number of aliphatic hydroxyl groups is 1. The zero-order valence-electron chi connectivity index (χ0n) is 11.9. The third-order valence-electron chi connectivity index (χ3n) is 3.51. The number of rotatable bonds is 6. The summed E-state index contributed by atoms with van der Waals surface area (Å²) in [6.45, 7) is 0.402. The van der Waals surface area contributed by atoms with Crippen LogP contribution in [0.15, 0.2) is 30.3 Å². The fraction of sp³-hybridized carbons (Fsp3) is 0.600. The average Bonchev–Trinajstić information content (AvgIpc) is 2.52. The van der Waals surface area contributed by atoms with Crippen molar-refractivity contribution in [2.24, 2.45) is 0 Å². The zero-order chi connectivity index (χ0) is 14.4. The third kappa shape index (κ3) is 3.77. The summed E-state index contributed by atoms with van der Waals surface area (Å²) in [5.41, 5.74) is 1.10. The highest BCUT2D eigenvalue weighted by molar-refractivity contribution is 5.13. The Balaban J connectivity index is 1.94. The van der Waals surface area contributed by atoms with Gasteiger partial charge >= 0.3 is 0 Å². The Hall–Kier alpha value is -0.980. The van der Waals surface area contributed by atoms with Gasteiger partial charge in [0.25, 0.3) is 0 Å². The van der Waals surface area contributed by atoms with E-state index in [9.17, 15) is 5.11 Å². The number of aliphatic hydroxyl groups excluding tert-OH is 1. The van der Waals surface area contributed by atoms with Crippen molar-refractivity contribution >= 4 is 0 Å². The fourth-order valence-electron chi connectivity index (χ4n) is 2.38. The van der Waals surface area contributed by atoms with E-state index in [4.69, 9.17) is 18.9 Å². The van der Waals surface area contributed by atoms with Gasteiger partial charge in [-0.25, -0.2) is 0 Å². The van der Waals surface area contributed by atoms with Gasteiger partial charge in [0.05, 0.1) is 19.3 Å². The molecule has 1 heterocycles. The molecule has 0 aromatic heterocycles. The van der Waals surface area contributed by atoms with E-state index in [1.54, 1.807) is 14.2 Å². The molecule has 5 nitrogen and oxygen atoms in total. The van der Waals surface area contributed by atoms with Crippen molar-refractivity contribution in [1.82, 2.24) is 0 Å². The van der Waals surface area contributed by atoms with Crippen LogP contribution in [0.5, 0.6) is 0 Å². The molecule has 0 spiro atoms. The second-order valence-corrected chi connectivity index (χ2v) is 4.81.